The van der Waals surface area contributed by atoms with Crippen molar-refractivity contribution < 1.29 is 0 Å². The summed E-state index contributed by atoms with van der Waals surface area (Å²) in [6.45, 7) is 3.61. The molecule has 0 aliphatic carbocycles. The first-order valence-corrected chi connectivity index (χ1v) is 2.88. The van der Waals surface area contributed by atoms with E-state index >= 15 is 0 Å². The van der Waals surface area contributed by atoms with Crippen molar-refractivity contribution in [1.29, 1.82) is 0 Å². The third kappa shape index (κ3) is 1.14. The SMILES string of the molecule is [CH2]c1cc(Cl)ns1. The van der Waals surface area contributed by atoms with E-state index in [1.54, 1.807) is 6.07 Å². The molecule has 1 aromatic heterocycles. The van der Waals surface area contributed by atoms with Crippen molar-refractivity contribution in [3.63, 3.8) is 0 Å². The highest BCUT2D eigenvalue weighted by molar-refractivity contribution is 7.06. The summed E-state index contributed by atoms with van der Waals surface area (Å²) in [4.78, 5) is 0.907. The molecule has 0 atom stereocenters. The standard InChI is InChI=1S/C4H3ClNS/c1-3-2-4(5)6-7-3/h2H,1H2. The molecule has 0 bridgehead atoms. The van der Waals surface area contributed by atoms with Gasteiger partial charge in [0.05, 0.1) is 0 Å². The number of hydrogen-bond acceptors (Lipinski definition) is 2. The maximum atomic E-state index is 5.42. The smallest absolute Gasteiger partial charge is 0.143 e. The van der Waals surface area contributed by atoms with Crippen LogP contribution in [0.15, 0.2) is 6.07 Å². The summed E-state index contributed by atoms with van der Waals surface area (Å²) in [6.07, 6.45) is 0. The maximum absolute atomic E-state index is 5.42. The molecular formula is C4H3ClNS. The van der Waals surface area contributed by atoms with Crippen LogP contribution in [0.3, 0.4) is 0 Å². The molecule has 0 unspecified atom stereocenters. The van der Waals surface area contributed by atoms with Crippen LogP contribution in [0.5, 0.6) is 0 Å². The summed E-state index contributed by atoms with van der Waals surface area (Å²) in [7, 11) is 0. The van der Waals surface area contributed by atoms with Gasteiger partial charge in [-0.3, -0.25) is 0 Å². The van der Waals surface area contributed by atoms with Gasteiger partial charge in [0.15, 0.2) is 0 Å². The van der Waals surface area contributed by atoms with Gasteiger partial charge in [0.25, 0.3) is 0 Å². The molecule has 1 rings (SSSR count). The monoisotopic (exact) mass is 132 g/mol. The van der Waals surface area contributed by atoms with Gasteiger partial charge in [0, 0.05) is 4.88 Å². The van der Waals surface area contributed by atoms with E-state index in [1.165, 1.54) is 11.5 Å². The van der Waals surface area contributed by atoms with Gasteiger partial charge in [-0.2, -0.15) is 4.37 Å². The first-order chi connectivity index (χ1) is 3.29. The zero-order valence-electron chi connectivity index (χ0n) is 3.52. The van der Waals surface area contributed by atoms with Crippen molar-refractivity contribution in [1.82, 2.24) is 4.37 Å². The number of halogens is 1. The summed E-state index contributed by atoms with van der Waals surface area (Å²) >= 11 is 6.73. The van der Waals surface area contributed by atoms with E-state index < -0.39 is 0 Å². The molecule has 0 aromatic carbocycles. The van der Waals surface area contributed by atoms with Crippen molar-refractivity contribution >= 4 is 23.1 Å². The van der Waals surface area contributed by atoms with Gasteiger partial charge < -0.3 is 0 Å². The van der Waals surface area contributed by atoms with Crippen molar-refractivity contribution in [3.8, 4) is 0 Å². The Labute approximate surface area is 51.1 Å². The second-order valence-electron chi connectivity index (χ2n) is 1.12. The first-order valence-electron chi connectivity index (χ1n) is 1.73. The lowest BCUT2D eigenvalue weighted by Gasteiger charge is -1.64. The Balaban J connectivity index is 3.04. The molecule has 0 aliphatic heterocycles. The van der Waals surface area contributed by atoms with Gasteiger partial charge in [-0.15, -0.1) is 0 Å². The molecule has 3 heteroatoms. The third-order valence-corrected chi connectivity index (χ3v) is 1.46. The minimum Gasteiger partial charge on any atom is -0.181 e. The van der Waals surface area contributed by atoms with Crippen LogP contribution in [-0.4, -0.2) is 4.37 Å². The lowest BCUT2D eigenvalue weighted by molar-refractivity contribution is 1.58. The van der Waals surface area contributed by atoms with Crippen LogP contribution in [-0.2, 0) is 0 Å². The highest BCUT2D eigenvalue weighted by atomic mass is 35.5. The normalized spacial score (nSPS) is 9.43. The Bertz CT molecular complexity index is 144. The number of nitrogens with zero attached hydrogens (tertiary/aromatic N) is 1. The summed E-state index contributed by atoms with van der Waals surface area (Å²) in [5.41, 5.74) is 0. The predicted molar refractivity (Wildman–Crippen MR) is 31.6 cm³/mol. The van der Waals surface area contributed by atoms with E-state index in [-0.39, 0.29) is 0 Å². The highest BCUT2D eigenvalue weighted by Gasteiger charge is 1.88. The van der Waals surface area contributed by atoms with Gasteiger partial charge >= 0.3 is 0 Å². The van der Waals surface area contributed by atoms with Crippen LogP contribution >= 0.6 is 23.1 Å². The minimum absolute atomic E-state index is 0.537. The molecule has 1 aromatic rings. The van der Waals surface area contributed by atoms with Gasteiger partial charge in [0.1, 0.15) is 5.15 Å². The second-order valence-corrected chi connectivity index (χ2v) is 2.39. The van der Waals surface area contributed by atoms with E-state index in [1.807, 2.05) is 0 Å². The molecule has 0 spiro atoms. The summed E-state index contributed by atoms with van der Waals surface area (Å²) < 4.78 is 3.76. The molecule has 7 heavy (non-hydrogen) atoms. The van der Waals surface area contributed by atoms with Gasteiger partial charge in [0.2, 0.25) is 0 Å². The number of hydrogen-bond donors (Lipinski definition) is 0. The fourth-order valence-corrected chi connectivity index (χ4v) is 1.01. The molecule has 0 fully saturated rings. The molecule has 0 aliphatic rings. The molecule has 0 saturated carbocycles. The Morgan fingerprint density at radius 1 is 1.86 bits per heavy atom. The first kappa shape index (κ1) is 5.06. The fraction of sp³-hybridized carbons (Fsp3) is 0. The average molecular weight is 133 g/mol. The molecule has 1 nitrogen and oxygen atoms in total. The lowest BCUT2D eigenvalue weighted by atomic mass is 10.6. The minimum atomic E-state index is 0.537. The van der Waals surface area contributed by atoms with E-state index in [0.29, 0.717) is 5.15 Å². The lowest BCUT2D eigenvalue weighted by Crippen LogP contribution is -1.48. The average Bonchev–Trinajstić information content (AvgIpc) is 1.87. The predicted octanol–water partition coefficient (Wildman–Crippen LogP) is 1.98. The summed E-state index contributed by atoms with van der Waals surface area (Å²) in [5.74, 6) is 0. The van der Waals surface area contributed by atoms with Crippen molar-refractivity contribution in [2.45, 2.75) is 0 Å². The number of aromatic nitrogens is 1. The van der Waals surface area contributed by atoms with Crippen LogP contribution in [0.1, 0.15) is 4.88 Å². The van der Waals surface area contributed by atoms with Gasteiger partial charge in [-0.1, -0.05) is 11.6 Å². The van der Waals surface area contributed by atoms with Crippen LogP contribution in [0.2, 0.25) is 5.15 Å². The molecule has 37 valence electrons. The Morgan fingerprint density at radius 3 is 2.71 bits per heavy atom. The molecule has 0 saturated heterocycles. The van der Waals surface area contributed by atoms with Gasteiger partial charge in [-0.05, 0) is 24.5 Å². The van der Waals surface area contributed by atoms with Crippen LogP contribution in [0.25, 0.3) is 0 Å². The Hall–Kier alpha value is -0.0800. The fourth-order valence-electron chi connectivity index (χ4n) is 0.288. The quantitative estimate of drug-likeness (QED) is 0.526. The van der Waals surface area contributed by atoms with Crippen molar-refractivity contribution in [2.75, 3.05) is 0 Å². The maximum Gasteiger partial charge on any atom is 0.143 e. The van der Waals surface area contributed by atoms with E-state index in [4.69, 9.17) is 11.6 Å². The molecule has 0 N–H and O–H groups in total. The van der Waals surface area contributed by atoms with Gasteiger partial charge in [-0.25, -0.2) is 0 Å². The largest absolute Gasteiger partial charge is 0.181 e. The van der Waals surface area contributed by atoms with Crippen LogP contribution in [0, 0.1) is 6.92 Å². The third-order valence-electron chi connectivity index (χ3n) is 0.530. The van der Waals surface area contributed by atoms with E-state index in [9.17, 15) is 0 Å². The molecular weight excluding hydrogens is 130 g/mol. The van der Waals surface area contributed by atoms with Crippen LogP contribution in [0.4, 0.5) is 0 Å². The zero-order valence-corrected chi connectivity index (χ0v) is 5.09. The van der Waals surface area contributed by atoms with E-state index in [2.05, 4.69) is 11.3 Å². The molecule has 1 radical (unpaired) electrons. The summed E-state index contributed by atoms with van der Waals surface area (Å²) in [6, 6.07) is 1.73. The Morgan fingerprint density at radius 2 is 2.57 bits per heavy atom. The summed E-state index contributed by atoms with van der Waals surface area (Å²) in [5, 5.41) is 0.537. The number of rotatable bonds is 0. The molecule has 1 heterocycles. The van der Waals surface area contributed by atoms with Crippen LogP contribution < -0.4 is 0 Å². The van der Waals surface area contributed by atoms with Crippen molar-refractivity contribution in [2.24, 2.45) is 0 Å². The Kier molecular flexibility index (Phi) is 1.30. The highest BCUT2D eigenvalue weighted by Crippen LogP contribution is 2.11. The molecule has 0 amide bonds. The second kappa shape index (κ2) is 1.80. The zero-order chi connectivity index (χ0) is 5.28. The van der Waals surface area contributed by atoms with Crippen molar-refractivity contribution in [3.05, 3.63) is 23.0 Å². The van der Waals surface area contributed by atoms with E-state index in [0.717, 1.165) is 4.88 Å². The topological polar surface area (TPSA) is 12.9 Å².